The summed E-state index contributed by atoms with van der Waals surface area (Å²) in [5.74, 6) is -1.66. The molecule has 9 nitrogen and oxygen atoms in total. The van der Waals surface area contributed by atoms with Crippen LogP contribution in [0, 0.1) is 13.8 Å². The van der Waals surface area contributed by atoms with Gasteiger partial charge in [-0.3, -0.25) is 9.59 Å². The van der Waals surface area contributed by atoms with Crippen LogP contribution in [0.3, 0.4) is 0 Å². The number of hydrogen-bond acceptors (Lipinski definition) is 6. The molecule has 3 rings (SSSR count). The van der Waals surface area contributed by atoms with Crippen molar-refractivity contribution in [2.45, 2.75) is 26.8 Å². The second-order valence-corrected chi connectivity index (χ2v) is 8.57. The van der Waals surface area contributed by atoms with E-state index in [1.54, 1.807) is 38.1 Å². The number of nitrogens with one attached hydrogen (secondary N) is 2. The van der Waals surface area contributed by atoms with Gasteiger partial charge in [-0.15, -0.1) is 0 Å². The summed E-state index contributed by atoms with van der Waals surface area (Å²) in [6.07, 6.45) is 0. The number of ketones is 1. The summed E-state index contributed by atoms with van der Waals surface area (Å²) in [7, 11) is 5.19. The minimum absolute atomic E-state index is 0.00969. The average molecular weight is 471 g/mol. The number of rotatable bonds is 8. The SMILES string of the molecule is CCOc1ccc([C@H]2/C(=C(/O)c3c(C)[nH]c(C(=O)OC)c3C)C(=O)C(=O)N2CC[NH+](C)C)cc1. The van der Waals surface area contributed by atoms with Gasteiger partial charge in [-0.25, -0.2) is 4.79 Å². The fourth-order valence-corrected chi connectivity index (χ4v) is 4.26. The molecule has 1 saturated heterocycles. The Kier molecular flexibility index (Phi) is 7.46. The first-order valence-electron chi connectivity index (χ1n) is 11.2. The number of aromatic nitrogens is 1. The average Bonchev–Trinajstić information content (AvgIpc) is 3.24. The molecule has 1 atom stereocenters. The van der Waals surface area contributed by atoms with E-state index in [4.69, 9.17) is 9.47 Å². The molecule has 1 aliphatic heterocycles. The molecule has 1 amide bonds. The molecule has 182 valence electrons. The van der Waals surface area contributed by atoms with Crippen molar-refractivity contribution in [1.29, 1.82) is 0 Å². The molecule has 0 radical (unpaired) electrons. The third-order valence-corrected chi connectivity index (χ3v) is 5.96. The molecular weight excluding hydrogens is 438 g/mol. The summed E-state index contributed by atoms with van der Waals surface area (Å²) < 4.78 is 10.3. The number of likely N-dealkylation sites (N-methyl/N-ethyl adjacent to an activating group) is 1. The van der Waals surface area contributed by atoms with Crippen LogP contribution in [0.1, 0.15) is 45.8 Å². The number of aliphatic hydroxyl groups is 1. The van der Waals surface area contributed by atoms with Gasteiger partial charge in [0.1, 0.15) is 17.2 Å². The van der Waals surface area contributed by atoms with Gasteiger partial charge in [-0.2, -0.15) is 0 Å². The lowest BCUT2D eigenvalue weighted by Gasteiger charge is -2.25. The molecule has 0 saturated carbocycles. The fraction of sp³-hybridized carbons (Fsp3) is 0.400. The van der Waals surface area contributed by atoms with Crippen molar-refractivity contribution in [3.63, 3.8) is 0 Å². The third kappa shape index (κ3) is 4.56. The molecule has 9 heteroatoms. The van der Waals surface area contributed by atoms with Crippen LogP contribution in [0.4, 0.5) is 0 Å². The van der Waals surface area contributed by atoms with Crippen molar-refractivity contribution in [3.8, 4) is 5.75 Å². The van der Waals surface area contributed by atoms with Gasteiger partial charge in [-0.05, 0) is 44.0 Å². The van der Waals surface area contributed by atoms with E-state index in [0.29, 0.717) is 47.8 Å². The summed E-state index contributed by atoms with van der Waals surface area (Å²) in [4.78, 5) is 43.9. The van der Waals surface area contributed by atoms with Gasteiger partial charge >= 0.3 is 5.97 Å². The summed E-state index contributed by atoms with van der Waals surface area (Å²) in [5, 5.41) is 11.4. The number of hydrogen-bond donors (Lipinski definition) is 3. The Bertz CT molecular complexity index is 1130. The van der Waals surface area contributed by atoms with Crippen molar-refractivity contribution in [3.05, 3.63) is 57.9 Å². The van der Waals surface area contributed by atoms with Crippen molar-refractivity contribution < 1.29 is 33.9 Å². The molecule has 0 unspecified atom stereocenters. The van der Waals surface area contributed by atoms with E-state index in [0.717, 1.165) is 4.90 Å². The normalized spacial score (nSPS) is 17.5. The van der Waals surface area contributed by atoms with Crippen LogP contribution in [0.15, 0.2) is 29.8 Å². The first-order valence-corrected chi connectivity index (χ1v) is 11.2. The lowest BCUT2D eigenvalue weighted by atomic mass is 9.94. The largest absolute Gasteiger partial charge is 0.507 e. The van der Waals surface area contributed by atoms with E-state index in [1.165, 1.54) is 12.0 Å². The minimum atomic E-state index is -0.773. The van der Waals surface area contributed by atoms with E-state index < -0.39 is 23.7 Å². The predicted octanol–water partition coefficient (Wildman–Crippen LogP) is 1.38. The Hall–Kier alpha value is -3.59. The Morgan fingerprint density at radius 3 is 2.38 bits per heavy atom. The molecule has 3 N–H and O–H groups in total. The van der Waals surface area contributed by atoms with Crippen LogP contribution >= 0.6 is 0 Å². The number of nitrogens with zero attached hydrogens (tertiary/aromatic N) is 1. The van der Waals surface area contributed by atoms with Crippen LogP contribution in [-0.2, 0) is 14.3 Å². The van der Waals surface area contributed by atoms with Crippen LogP contribution in [-0.4, -0.2) is 73.6 Å². The molecule has 0 bridgehead atoms. The standard InChI is InChI=1S/C25H31N3O6/c1-7-34-17-10-8-16(9-11-17)21-19(23(30)24(31)28(21)13-12-27(4)5)22(29)18-14(2)20(25(32)33-6)26-15(18)3/h8-11,21,26,29H,7,12-13H2,1-6H3/p+1/b22-19-/t21-/m0/s1. The number of benzene rings is 1. The maximum atomic E-state index is 13.2. The molecule has 1 aromatic heterocycles. The number of ether oxygens (including phenoxy) is 2. The number of carbonyl (C=O) groups excluding carboxylic acids is 3. The van der Waals surface area contributed by atoms with Crippen molar-refractivity contribution in [2.24, 2.45) is 0 Å². The monoisotopic (exact) mass is 470 g/mol. The molecule has 34 heavy (non-hydrogen) atoms. The molecule has 1 aliphatic rings. The zero-order chi connectivity index (χ0) is 25.2. The second-order valence-electron chi connectivity index (χ2n) is 8.57. The molecule has 0 spiro atoms. The lowest BCUT2D eigenvalue weighted by molar-refractivity contribution is -0.857. The van der Waals surface area contributed by atoms with E-state index in [-0.39, 0.29) is 17.0 Å². The van der Waals surface area contributed by atoms with Crippen LogP contribution in [0.2, 0.25) is 0 Å². The van der Waals surface area contributed by atoms with Gasteiger partial charge in [-0.1, -0.05) is 12.1 Å². The number of Topliss-reactive ketones (excluding diaryl/α,β-unsaturated/α-hetero) is 1. The zero-order valence-electron chi connectivity index (χ0n) is 20.4. The first-order chi connectivity index (χ1) is 16.1. The molecule has 0 aliphatic carbocycles. The number of amides is 1. The number of quaternary nitrogens is 1. The van der Waals surface area contributed by atoms with Gasteiger partial charge in [0.15, 0.2) is 0 Å². The number of methoxy groups -OCH3 is 1. The lowest BCUT2D eigenvalue weighted by Crippen LogP contribution is -3.06. The molecular formula is C25H32N3O6+. The topological polar surface area (TPSA) is 113 Å². The van der Waals surface area contributed by atoms with Gasteiger partial charge in [0.2, 0.25) is 0 Å². The quantitative estimate of drug-likeness (QED) is 0.233. The molecule has 1 aromatic carbocycles. The van der Waals surface area contributed by atoms with Gasteiger partial charge in [0.05, 0.1) is 52.5 Å². The smallest absolute Gasteiger partial charge is 0.354 e. The van der Waals surface area contributed by atoms with Crippen molar-refractivity contribution in [1.82, 2.24) is 9.88 Å². The van der Waals surface area contributed by atoms with E-state index in [2.05, 4.69) is 4.98 Å². The Labute approximate surface area is 199 Å². The van der Waals surface area contributed by atoms with Gasteiger partial charge < -0.3 is 29.4 Å². The van der Waals surface area contributed by atoms with Crippen LogP contribution < -0.4 is 9.64 Å². The molecule has 1 fully saturated rings. The fourth-order valence-electron chi connectivity index (χ4n) is 4.26. The predicted molar refractivity (Wildman–Crippen MR) is 126 cm³/mol. The van der Waals surface area contributed by atoms with Crippen LogP contribution in [0.25, 0.3) is 5.76 Å². The highest BCUT2D eigenvalue weighted by molar-refractivity contribution is 6.46. The Morgan fingerprint density at radius 1 is 1.18 bits per heavy atom. The molecule has 2 heterocycles. The highest BCUT2D eigenvalue weighted by Gasteiger charge is 2.46. The highest BCUT2D eigenvalue weighted by Crippen LogP contribution is 2.41. The number of likely N-dealkylation sites (tertiary alicyclic amines) is 1. The summed E-state index contributed by atoms with van der Waals surface area (Å²) in [6, 6.07) is 6.36. The maximum absolute atomic E-state index is 13.2. The summed E-state index contributed by atoms with van der Waals surface area (Å²) >= 11 is 0. The van der Waals surface area contributed by atoms with E-state index >= 15 is 0 Å². The van der Waals surface area contributed by atoms with E-state index in [9.17, 15) is 19.5 Å². The number of aromatic amines is 1. The number of aliphatic hydroxyl groups excluding tert-OH is 1. The Morgan fingerprint density at radius 2 is 1.82 bits per heavy atom. The summed E-state index contributed by atoms with van der Waals surface area (Å²) in [6.45, 7) is 6.69. The highest BCUT2D eigenvalue weighted by atomic mass is 16.5. The Balaban J connectivity index is 2.19. The maximum Gasteiger partial charge on any atom is 0.354 e. The van der Waals surface area contributed by atoms with Gasteiger partial charge in [0.25, 0.3) is 11.7 Å². The minimum Gasteiger partial charge on any atom is -0.507 e. The van der Waals surface area contributed by atoms with Gasteiger partial charge in [0, 0.05) is 11.3 Å². The number of aryl methyl sites for hydroxylation is 1. The zero-order valence-corrected chi connectivity index (χ0v) is 20.4. The third-order valence-electron chi connectivity index (χ3n) is 5.96. The second kappa shape index (κ2) is 10.1. The number of H-pyrrole nitrogens is 1. The van der Waals surface area contributed by atoms with Crippen molar-refractivity contribution in [2.75, 3.05) is 40.9 Å². The molecule has 2 aromatic rings. The van der Waals surface area contributed by atoms with Crippen LogP contribution in [0.5, 0.6) is 5.75 Å². The van der Waals surface area contributed by atoms with E-state index in [1.807, 2.05) is 21.0 Å². The summed E-state index contributed by atoms with van der Waals surface area (Å²) in [5.41, 5.74) is 2.10. The first kappa shape index (κ1) is 25.0. The van der Waals surface area contributed by atoms with Crippen molar-refractivity contribution >= 4 is 23.4 Å². The number of carbonyl (C=O) groups is 3. The number of esters is 1.